The summed E-state index contributed by atoms with van der Waals surface area (Å²) in [5.74, 6) is -1.59. The smallest absolute Gasteiger partial charge is 0.252 e. The van der Waals surface area contributed by atoms with E-state index in [1.807, 2.05) is 26.8 Å². The number of hydrogen-bond donors (Lipinski definition) is 3. The molecule has 0 spiro atoms. The normalized spacial score (nSPS) is 17.6. The Morgan fingerprint density at radius 1 is 1.27 bits per heavy atom. The zero-order valence-corrected chi connectivity index (χ0v) is 20.0. The fourth-order valence-electron chi connectivity index (χ4n) is 3.68. The Morgan fingerprint density at radius 2 is 1.94 bits per heavy atom. The minimum atomic E-state index is -0.957. The van der Waals surface area contributed by atoms with Crippen LogP contribution in [0.4, 0.5) is 5.69 Å². The number of ketones is 1. The first-order valence-corrected chi connectivity index (χ1v) is 11.1. The Labute approximate surface area is 198 Å². The Bertz CT molecular complexity index is 982. The van der Waals surface area contributed by atoms with Crippen LogP contribution in [0.1, 0.15) is 57.3 Å². The van der Waals surface area contributed by atoms with E-state index in [2.05, 4.69) is 10.6 Å². The molecular weight excluding hydrogens is 446 g/mol. The lowest BCUT2D eigenvalue weighted by Gasteiger charge is -2.35. The van der Waals surface area contributed by atoms with Crippen LogP contribution in [0.5, 0.6) is 0 Å². The fourth-order valence-corrected chi connectivity index (χ4v) is 3.87. The fraction of sp³-hybridized carbons (Fsp3) is 0.522. The Kier molecular flexibility index (Phi) is 8.45. The number of carbonyl (C=O) groups excluding carboxylic acids is 4. The molecule has 1 saturated heterocycles. The van der Waals surface area contributed by atoms with Gasteiger partial charge in [-0.1, -0.05) is 32.4 Å². The molecule has 3 atom stereocenters. The molecule has 1 aromatic carbocycles. The summed E-state index contributed by atoms with van der Waals surface area (Å²) in [6, 6.07) is 3.70. The largest absolute Gasteiger partial charge is 0.398 e. The molecule has 1 aliphatic rings. The van der Waals surface area contributed by atoms with E-state index in [4.69, 9.17) is 17.3 Å². The van der Waals surface area contributed by atoms with E-state index >= 15 is 0 Å². The van der Waals surface area contributed by atoms with Crippen molar-refractivity contribution in [1.82, 2.24) is 15.5 Å². The number of hydrogen-bond acceptors (Lipinski definition) is 6. The topological polar surface area (TPSA) is 145 Å². The number of rotatable bonds is 7. The third-order valence-electron chi connectivity index (χ3n) is 5.45. The number of likely N-dealkylation sites (tertiary alicyclic amines) is 1. The summed E-state index contributed by atoms with van der Waals surface area (Å²) in [5, 5.41) is 14.8. The highest BCUT2D eigenvalue weighted by Crippen LogP contribution is 2.27. The van der Waals surface area contributed by atoms with Gasteiger partial charge < -0.3 is 21.3 Å². The average Bonchev–Trinajstić information content (AvgIpc) is 3.21. The van der Waals surface area contributed by atoms with Crippen LogP contribution in [0.25, 0.3) is 0 Å². The zero-order valence-electron chi connectivity index (χ0n) is 19.3. The maximum absolute atomic E-state index is 13.5. The van der Waals surface area contributed by atoms with Crippen molar-refractivity contribution in [3.8, 4) is 6.07 Å². The summed E-state index contributed by atoms with van der Waals surface area (Å²) in [7, 11) is 0. The molecule has 9 nitrogen and oxygen atoms in total. The van der Waals surface area contributed by atoms with Gasteiger partial charge >= 0.3 is 0 Å². The lowest BCUT2D eigenvalue weighted by molar-refractivity contribution is -0.142. The van der Waals surface area contributed by atoms with Gasteiger partial charge in [-0.05, 0) is 43.4 Å². The van der Waals surface area contributed by atoms with E-state index < -0.39 is 41.3 Å². The Hall–Kier alpha value is -3.12. The molecule has 1 aliphatic heterocycles. The molecule has 0 aromatic heterocycles. The van der Waals surface area contributed by atoms with Gasteiger partial charge in [0.25, 0.3) is 5.91 Å². The SMILES string of the molecule is CC(=O)CC(C#N)NC(=O)C1CCCN1C(=O)C(NC(=O)c1ccc(N)c(Cl)c1)C(C)(C)C. The van der Waals surface area contributed by atoms with Crippen molar-refractivity contribution < 1.29 is 19.2 Å². The number of amides is 3. The number of Topliss-reactive ketones (excluding diaryl/α,β-unsaturated/α-hetero) is 1. The Balaban J connectivity index is 2.21. The molecule has 3 unspecified atom stereocenters. The number of nitriles is 1. The summed E-state index contributed by atoms with van der Waals surface area (Å²) in [5.41, 5.74) is 5.64. The van der Waals surface area contributed by atoms with E-state index in [-0.39, 0.29) is 22.8 Å². The first-order valence-electron chi connectivity index (χ1n) is 10.7. The van der Waals surface area contributed by atoms with Crippen molar-refractivity contribution in [1.29, 1.82) is 5.26 Å². The van der Waals surface area contributed by atoms with Crippen molar-refractivity contribution >= 4 is 40.8 Å². The van der Waals surface area contributed by atoms with Gasteiger partial charge in [-0.25, -0.2) is 0 Å². The highest BCUT2D eigenvalue weighted by molar-refractivity contribution is 6.33. The number of halogens is 1. The third kappa shape index (κ3) is 6.68. The predicted octanol–water partition coefficient (Wildman–Crippen LogP) is 2.05. The van der Waals surface area contributed by atoms with Gasteiger partial charge in [-0.15, -0.1) is 0 Å². The van der Waals surface area contributed by atoms with Crippen LogP contribution in [0.15, 0.2) is 18.2 Å². The molecule has 4 N–H and O–H groups in total. The van der Waals surface area contributed by atoms with Crippen LogP contribution in [0.3, 0.4) is 0 Å². The molecule has 178 valence electrons. The number of benzene rings is 1. The van der Waals surface area contributed by atoms with Crippen LogP contribution in [-0.2, 0) is 14.4 Å². The van der Waals surface area contributed by atoms with E-state index in [0.717, 1.165) is 0 Å². The maximum atomic E-state index is 13.5. The second kappa shape index (κ2) is 10.7. The monoisotopic (exact) mass is 475 g/mol. The van der Waals surface area contributed by atoms with E-state index in [1.54, 1.807) is 0 Å². The zero-order chi connectivity index (χ0) is 24.9. The summed E-state index contributed by atoms with van der Waals surface area (Å²) < 4.78 is 0. The van der Waals surface area contributed by atoms with Crippen molar-refractivity contribution in [2.45, 2.75) is 65.1 Å². The quantitative estimate of drug-likeness (QED) is 0.514. The number of nitrogen functional groups attached to an aromatic ring is 1. The van der Waals surface area contributed by atoms with Crippen molar-refractivity contribution in [2.75, 3.05) is 12.3 Å². The number of nitrogens with zero attached hydrogens (tertiary/aromatic N) is 2. The van der Waals surface area contributed by atoms with Gasteiger partial charge in [-0.3, -0.25) is 19.2 Å². The van der Waals surface area contributed by atoms with Crippen LogP contribution >= 0.6 is 11.6 Å². The lowest BCUT2D eigenvalue weighted by atomic mass is 9.85. The molecule has 10 heteroatoms. The highest BCUT2D eigenvalue weighted by atomic mass is 35.5. The van der Waals surface area contributed by atoms with Crippen LogP contribution in [0, 0.1) is 16.7 Å². The standard InChI is InChI=1S/C23H30ClN5O4/c1-13(30)10-15(12-25)27-21(32)18-6-5-9-29(18)22(33)19(23(2,3)4)28-20(31)14-7-8-17(26)16(24)11-14/h7-8,11,15,18-19H,5-6,9-10,26H2,1-4H3,(H,27,32)(H,28,31). The number of nitrogens with two attached hydrogens (primary N) is 1. The average molecular weight is 476 g/mol. The third-order valence-corrected chi connectivity index (χ3v) is 5.78. The van der Waals surface area contributed by atoms with Crippen molar-refractivity contribution in [2.24, 2.45) is 5.41 Å². The minimum Gasteiger partial charge on any atom is -0.398 e. The molecule has 0 radical (unpaired) electrons. The van der Waals surface area contributed by atoms with Crippen LogP contribution < -0.4 is 16.4 Å². The molecular formula is C23H30ClN5O4. The van der Waals surface area contributed by atoms with Crippen molar-refractivity contribution in [3.05, 3.63) is 28.8 Å². The van der Waals surface area contributed by atoms with Crippen molar-refractivity contribution in [3.63, 3.8) is 0 Å². The number of anilines is 1. The molecule has 33 heavy (non-hydrogen) atoms. The second-order valence-electron chi connectivity index (χ2n) is 9.29. The number of nitrogens with one attached hydrogen (secondary N) is 2. The summed E-state index contributed by atoms with van der Waals surface area (Å²) in [4.78, 5) is 51.9. The first-order chi connectivity index (χ1) is 15.3. The minimum absolute atomic E-state index is 0.103. The molecule has 3 amide bonds. The highest BCUT2D eigenvalue weighted by Gasteiger charge is 2.42. The van der Waals surface area contributed by atoms with Gasteiger partial charge in [0.15, 0.2) is 0 Å². The second-order valence-corrected chi connectivity index (χ2v) is 9.70. The maximum Gasteiger partial charge on any atom is 0.252 e. The summed E-state index contributed by atoms with van der Waals surface area (Å²) in [6.07, 6.45) is 0.925. The van der Waals surface area contributed by atoms with E-state index in [9.17, 15) is 24.4 Å². The summed E-state index contributed by atoms with van der Waals surface area (Å²) in [6.45, 7) is 7.13. The van der Waals surface area contributed by atoms with Gasteiger partial charge in [-0.2, -0.15) is 5.26 Å². The molecule has 1 aromatic rings. The summed E-state index contributed by atoms with van der Waals surface area (Å²) >= 11 is 6.02. The van der Waals surface area contributed by atoms with E-state index in [0.29, 0.717) is 25.1 Å². The molecule has 0 bridgehead atoms. The predicted molar refractivity (Wildman–Crippen MR) is 124 cm³/mol. The number of carbonyl (C=O) groups is 4. The van der Waals surface area contributed by atoms with Crippen LogP contribution in [-0.4, -0.2) is 53.1 Å². The molecule has 0 aliphatic carbocycles. The first kappa shape index (κ1) is 26.1. The van der Waals surface area contributed by atoms with E-state index in [1.165, 1.54) is 30.0 Å². The molecule has 0 saturated carbocycles. The van der Waals surface area contributed by atoms with Gasteiger partial charge in [0.1, 0.15) is 23.9 Å². The van der Waals surface area contributed by atoms with Gasteiger partial charge in [0.05, 0.1) is 16.8 Å². The lowest BCUT2D eigenvalue weighted by Crippen LogP contribution is -2.58. The molecule has 1 fully saturated rings. The molecule has 1 heterocycles. The van der Waals surface area contributed by atoms with Crippen LogP contribution in [0.2, 0.25) is 5.02 Å². The molecule has 2 rings (SSSR count). The Morgan fingerprint density at radius 3 is 2.48 bits per heavy atom. The van der Waals surface area contributed by atoms with Gasteiger partial charge in [0, 0.05) is 18.5 Å². The van der Waals surface area contributed by atoms with Gasteiger partial charge in [0.2, 0.25) is 11.8 Å².